The van der Waals surface area contributed by atoms with E-state index in [4.69, 9.17) is 10.7 Å². The number of hydrogen-bond donors (Lipinski definition) is 1. The number of nitrogens with zero attached hydrogens (tertiary/aromatic N) is 2. The van der Waals surface area contributed by atoms with Gasteiger partial charge in [-0.1, -0.05) is 51.1 Å². The van der Waals surface area contributed by atoms with E-state index < -0.39 is 0 Å². The molecule has 2 aromatic rings. The molecule has 0 saturated carbocycles. The lowest BCUT2D eigenvalue weighted by Gasteiger charge is -2.21. The molecule has 0 radical (unpaired) electrons. The normalized spacial score (nSPS) is 11.6. The quantitative estimate of drug-likeness (QED) is 0.826. The van der Waals surface area contributed by atoms with Crippen molar-refractivity contribution < 1.29 is 0 Å². The van der Waals surface area contributed by atoms with Crippen molar-refractivity contribution in [1.29, 1.82) is 0 Å². The molecule has 0 spiro atoms. The minimum atomic E-state index is -0.0287. The topological polar surface area (TPSA) is 51.8 Å². The van der Waals surface area contributed by atoms with E-state index >= 15 is 0 Å². The Hall–Kier alpha value is -1.17. The average Bonchev–Trinajstić information content (AvgIpc) is 2.33. The zero-order chi connectivity index (χ0) is 14.0. The van der Waals surface area contributed by atoms with Gasteiger partial charge in [0.2, 0.25) is 0 Å². The van der Waals surface area contributed by atoms with Crippen LogP contribution in [0.3, 0.4) is 0 Å². The molecule has 1 aromatic carbocycles. The largest absolute Gasteiger partial charge is 0.383 e. The van der Waals surface area contributed by atoms with Gasteiger partial charge in [0.15, 0.2) is 0 Å². The maximum Gasteiger partial charge on any atom is 0.140 e. The van der Waals surface area contributed by atoms with Crippen molar-refractivity contribution in [2.75, 3.05) is 5.73 Å². The number of nitrogen functional groups attached to an aromatic ring is 1. The van der Waals surface area contributed by atoms with Crippen molar-refractivity contribution >= 4 is 28.4 Å². The van der Waals surface area contributed by atoms with Crippen molar-refractivity contribution in [2.45, 2.75) is 32.6 Å². The first-order valence-electron chi connectivity index (χ1n) is 6.24. The Labute approximate surface area is 127 Å². The SMILES string of the molecule is CC(C)(C)c1nc(Cc2ccccc2)nc(N)c1I. The van der Waals surface area contributed by atoms with E-state index in [9.17, 15) is 0 Å². The number of anilines is 1. The van der Waals surface area contributed by atoms with E-state index in [2.05, 4.69) is 60.5 Å². The number of halogens is 1. The molecular weight excluding hydrogens is 349 g/mol. The Morgan fingerprint density at radius 2 is 1.74 bits per heavy atom. The minimum Gasteiger partial charge on any atom is -0.383 e. The van der Waals surface area contributed by atoms with E-state index in [1.165, 1.54) is 5.56 Å². The Morgan fingerprint density at radius 3 is 2.32 bits per heavy atom. The molecule has 0 aliphatic rings. The zero-order valence-corrected chi connectivity index (χ0v) is 13.6. The molecular formula is C15H18IN3. The second-order valence-electron chi connectivity index (χ2n) is 5.60. The van der Waals surface area contributed by atoms with Crippen LogP contribution in [0.4, 0.5) is 5.82 Å². The van der Waals surface area contributed by atoms with Gasteiger partial charge >= 0.3 is 0 Å². The lowest BCUT2D eigenvalue weighted by atomic mass is 9.92. The summed E-state index contributed by atoms with van der Waals surface area (Å²) in [6.07, 6.45) is 0.713. The van der Waals surface area contributed by atoms with Crippen molar-refractivity contribution in [3.05, 3.63) is 51.0 Å². The molecule has 2 rings (SSSR count). The molecule has 4 heteroatoms. The molecule has 19 heavy (non-hydrogen) atoms. The molecule has 1 heterocycles. The monoisotopic (exact) mass is 367 g/mol. The van der Waals surface area contributed by atoms with Crippen LogP contribution in [0.2, 0.25) is 0 Å². The molecule has 0 bridgehead atoms. The first kappa shape index (κ1) is 14.2. The van der Waals surface area contributed by atoms with Crippen molar-refractivity contribution in [3.8, 4) is 0 Å². The highest BCUT2D eigenvalue weighted by atomic mass is 127. The molecule has 0 unspecified atom stereocenters. The summed E-state index contributed by atoms with van der Waals surface area (Å²) in [6.45, 7) is 6.43. The Bertz CT molecular complexity index is 574. The van der Waals surface area contributed by atoms with Gasteiger partial charge in [0.05, 0.1) is 9.26 Å². The van der Waals surface area contributed by atoms with Crippen LogP contribution < -0.4 is 5.73 Å². The second kappa shape index (κ2) is 5.45. The van der Waals surface area contributed by atoms with Gasteiger partial charge in [-0.3, -0.25) is 0 Å². The number of nitrogens with two attached hydrogens (primary N) is 1. The standard InChI is InChI=1S/C15H18IN3/c1-15(2,3)13-12(16)14(17)19-11(18-13)9-10-7-5-4-6-8-10/h4-8H,9H2,1-3H3,(H2,17,18,19). The fourth-order valence-corrected chi connectivity index (χ4v) is 2.92. The number of aromatic nitrogens is 2. The minimum absolute atomic E-state index is 0.0287. The summed E-state index contributed by atoms with van der Waals surface area (Å²) in [5.41, 5.74) is 8.20. The molecule has 0 saturated heterocycles. The Balaban J connectivity index is 2.40. The molecule has 3 nitrogen and oxygen atoms in total. The van der Waals surface area contributed by atoms with E-state index in [1.54, 1.807) is 0 Å². The van der Waals surface area contributed by atoms with Gasteiger partial charge in [0.25, 0.3) is 0 Å². The fourth-order valence-electron chi connectivity index (χ4n) is 1.87. The van der Waals surface area contributed by atoms with Crippen LogP contribution in [-0.4, -0.2) is 9.97 Å². The van der Waals surface area contributed by atoms with Gasteiger partial charge in [-0.15, -0.1) is 0 Å². The predicted molar refractivity (Wildman–Crippen MR) is 87.1 cm³/mol. The highest BCUT2D eigenvalue weighted by Crippen LogP contribution is 2.28. The number of rotatable bonds is 2. The molecule has 100 valence electrons. The third kappa shape index (κ3) is 3.43. The highest BCUT2D eigenvalue weighted by molar-refractivity contribution is 14.1. The Morgan fingerprint density at radius 1 is 1.11 bits per heavy atom. The van der Waals surface area contributed by atoms with Crippen LogP contribution in [0, 0.1) is 3.57 Å². The lowest BCUT2D eigenvalue weighted by molar-refractivity contribution is 0.559. The second-order valence-corrected chi connectivity index (χ2v) is 6.68. The van der Waals surface area contributed by atoms with Gasteiger partial charge < -0.3 is 5.73 Å². The van der Waals surface area contributed by atoms with Crippen LogP contribution in [0.5, 0.6) is 0 Å². The number of benzene rings is 1. The summed E-state index contributed by atoms with van der Waals surface area (Å²) in [5.74, 6) is 1.36. The third-order valence-electron chi connectivity index (χ3n) is 2.84. The van der Waals surface area contributed by atoms with Gasteiger partial charge in [0.1, 0.15) is 11.6 Å². The molecule has 0 aliphatic heterocycles. The van der Waals surface area contributed by atoms with Crippen LogP contribution >= 0.6 is 22.6 Å². The maximum absolute atomic E-state index is 6.01. The van der Waals surface area contributed by atoms with Gasteiger partial charge in [0, 0.05) is 11.8 Å². The van der Waals surface area contributed by atoms with Gasteiger partial charge in [-0.05, 0) is 28.2 Å². The van der Waals surface area contributed by atoms with E-state index in [0.29, 0.717) is 12.2 Å². The molecule has 0 aliphatic carbocycles. The van der Waals surface area contributed by atoms with Crippen molar-refractivity contribution in [3.63, 3.8) is 0 Å². The molecule has 0 fully saturated rings. The Kier molecular flexibility index (Phi) is 4.08. The first-order valence-corrected chi connectivity index (χ1v) is 7.32. The first-order chi connectivity index (χ1) is 8.88. The van der Waals surface area contributed by atoms with Crippen LogP contribution in [0.1, 0.15) is 37.9 Å². The molecule has 2 N–H and O–H groups in total. The number of hydrogen-bond acceptors (Lipinski definition) is 3. The molecule has 1 aromatic heterocycles. The van der Waals surface area contributed by atoms with E-state index in [0.717, 1.165) is 15.1 Å². The average molecular weight is 367 g/mol. The summed E-state index contributed by atoms with van der Waals surface area (Å²) in [6, 6.07) is 10.2. The lowest BCUT2D eigenvalue weighted by Crippen LogP contribution is -2.19. The summed E-state index contributed by atoms with van der Waals surface area (Å²) in [5, 5.41) is 0. The zero-order valence-electron chi connectivity index (χ0n) is 11.4. The highest BCUT2D eigenvalue weighted by Gasteiger charge is 2.22. The van der Waals surface area contributed by atoms with Crippen LogP contribution in [-0.2, 0) is 11.8 Å². The smallest absolute Gasteiger partial charge is 0.140 e. The van der Waals surface area contributed by atoms with Crippen LogP contribution in [0.15, 0.2) is 30.3 Å². The predicted octanol–water partition coefficient (Wildman–Crippen LogP) is 3.55. The summed E-state index contributed by atoms with van der Waals surface area (Å²) >= 11 is 2.23. The van der Waals surface area contributed by atoms with E-state index in [1.807, 2.05) is 18.2 Å². The van der Waals surface area contributed by atoms with Crippen molar-refractivity contribution in [1.82, 2.24) is 9.97 Å². The summed E-state index contributed by atoms with van der Waals surface area (Å²) in [4.78, 5) is 9.10. The van der Waals surface area contributed by atoms with Gasteiger partial charge in [-0.2, -0.15) is 0 Å². The maximum atomic E-state index is 6.01. The molecule has 0 amide bonds. The molecule has 0 atom stereocenters. The fraction of sp³-hybridized carbons (Fsp3) is 0.333. The van der Waals surface area contributed by atoms with E-state index in [-0.39, 0.29) is 5.41 Å². The summed E-state index contributed by atoms with van der Waals surface area (Å²) in [7, 11) is 0. The van der Waals surface area contributed by atoms with Gasteiger partial charge in [-0.25, -0.2) is 9.97 Å². The third-order valence-corrected chi connectivity index (χ3v) is 3.90. The summed E-state index contributed by atoms with van der Waals surface area (Å²) < 4.78 is 0.960. The van der Waals surface area contributed by atoms with Crippen molar-refractivity contribution in [2.24, 2.45) is 0 Å². The van der Waals surface area contributed by atoms with Crippen LogP contribution in [0.25, 0.3) is 0 Å².